The van der Waals surface area contributed by atoms with Gasteiger partial charge in [0.25, 0.3) is 0 Å². The monoisotopic (exact) mass is 214 g/mol. The molecule has 2 aromatic rings. The number of pyridine rings is 2. The first-order chi connectivity index (χ1) is 7.75. The van der Waals surface area contributed by atoms with E-state index in [1.807, 2.05) is 25.1 Å². The highest BCUT2D eigenvalue weighted by Crippen LogP contribution is 2.13. The van der Waals surface area contributed by atoms with Crippen LogP contribution in [-0.2, 0) is 6.54 Å². The van der Waals surface area contributed by atoms with Crippen molar-refractivity contribution >= 4 is 11.5 Å². The summed E-state index contributed by atoms with van der Waals surface area (Å²) in [4.78, 5) is 8.17. The molecule has 0 saturated carbocycles. The summed E-state index contributed by atoms with van der Waals surface area (Å²) in [7, 11) is 0. The van der Waals surface area contributed by atoms with Gasteiger partial charge in [0.1, 0.15) is 5.82 Å². The predicted octanol–water partition coefficient (Wildman–Crippen LogP) is 1.98. The first kappa shape index (κ1) is 10.4. The molecular formula is C12H14N4. The summed E-state index contributed by atoms with van der Waals surface area (Å²) in [6.07, 6.45) is 5.22. The number of nitrogens with one attached hydrogen (secondary N) is 1. The number of rotatable bonds is 3. The number of aromatic nitrogens is 2. The number of anilines is 2. The van der Waals surface area contributed by atoms with Gasteiger partial charge in [0.2, 0.25) is 0 Å². The minimum atomic E-state index is 0.717. The van der Waals surface area contributed by atoms with E-state index in [9.17, 15) is 0 Å². The highest BCUT2D eigenvalue weighted by Gasteiger charge is 1.98. The van der Waals surface area contributed by atoms with Crippen molar-refractivity contribution in [1.29, 1.82) is 0 Å². The zero-order valence-corrected chi connectivity index (χ0v) is 9.14. The lowest BCUT2D eigenvalue weighted by atomic mass is 10.2. The van der Waals surface area contributed by atoms with Gasteiger partial charge in [-0.2, -0.15) is 0 Å². The largest absolute Gasteiger partial charge is 0.397 e. The first-order valence-electron chi connectivity index (χ1n) is 5.10. The molecule has 3 N–H and O–H groups in total. The Labute approximate surface area is 94.5 Å². The molecule has 0 spiro atoms. The smallest absolute Gasteiger partial charge is 0.126 e. The summed E-state index contributed by atoms with van der Waals surface area (Å²) in [5.41, 5.74) is 8.62. The molecule has 4 heteroatoms. The van der Waals surface area contributed by atoms with Gasteiger partial charge in [-0.15, -0.1) is 0 Å². The lowest BCUT2D eigenvalue weighted by Crippen LogP contribution is -2.02. The van der Waals surface area contributed by atoms with Crippen LogP contribution in [0.5, 0.6) is 0 Å². The van der Waals surface area contributed by atoms with Gasteiger partial charge in [0.05, 0.1) is 11.9 Å². The van der Waals surface area contributed by atoms with Gasteiger partial charge in [0.15, 0.2) is 0 Å². The van der Waals surface area contributed by atoms with Crippen LogP contribution in [0.3, 0.4) is 0 Å². The molecule has 0 aliphatic heterocycles. The van der Waals surface area contributed by atoms with Gasteiger partial charge in [-0.25, -0.2) is 4.98 Å². The molecular weight excluding hydrogens is 200 g/mol. The number of nitrogens with zero attached hydrogens (tertiary/aromatic N) is 2. The number of aryl methyl sites for hydroxylation is 1. The van der Waals surface area contributed by atoms with Crippen molar-refractivity contribution in [2.24, 2.45) is 0 Å². The summed E-state index contributed by atoms with van der Waals surface area (Å²) in [6.45, 7) is 2.70. The third-order valence-electron chi connectivity index (χ3n) is 2.37. The van der Waals surface area contributed by atoms with Crippen LogP contribution < -0.4 is 11.1 Å². The number of nitrogen functional groups attached to an aromatic ring is 1. The van der Waals surface area contributed by atoms with Crippen molar-refractivity contribution in [3.05, 3.63) is 47.9 Å². The molecule has 0 bridgehead atoms. The first-order valence-corrected chi connectivity index (χ1v) is 5.10. The number of nitrogens with two attached hydrogens (primary N) is 1. The molecule has 0 aliphatic rings. The topological polar surface area (TPSA) is 63.8 Å². The Morgan fingerprint density at radius 1 is 1.31 bits per heavy atom. The van der Waals surface area contributed by atoms with E-state index in [0.29, 0.717) is 0 Å². The number of hydrogen-bond donors (Lipinski definition) is 2. The molecule has 2 heterocycles. The highest BCUT2D eigenvalue weighted by molar-refractivity contribution is 5.50. The van der Waals surface area contributed by atoms with Crippen LogP contribution in [-0.4, -0.2) is 9.97 Å². The maximum Gasteiger partial charge on any atom is 0.126 e. The van der Waals surface area contributed by atoms with Gasteiger partial charge < -0.3 is 11.1 Å². The quantitative estimate of drug-likeness (QED) is 0.820. The lowest BCUT2D eigenvalue weighted by Gasteiger charge is -2.07. The van der Waals surface area contributed by atoms with Gasteiger partial charge in [-0.3, -0.25) is 4.98 Å². The van der Waals surface area contributed by atoms with E-state index in [-0.39, 0.29) is 0 Å². The summed E-state index contributed by atoms with van der Waals surface area (Å²) in [5, 5.41) is 3.23. The summed E-state index contributed by atoms with van der Waals surface area (Å²) in [6, 6.07) is 5.88. The van der Waals surface area contributed by atoms with Crippen LogP contribution in [0.15, 0.2) is 36.8 Å². The van der Waals surface area contributed by atoms with Crippen molar-refractivity contribution in [2.75, 3.05) is 11.1 Å². The van der Waals surface area contributed by atoms with Gasteiger partial charge in [-0.05, 0) is 36.2 Å². The Kier molecular flexibility index (Phi) is 3.00. The van der Waals surface area contributed by atoms with E-state index in [1.165, 1.54) is 5.56 Å². The summed E-state index contributed by atoms with van der Waals surface area (Å²) in [5.74, 6) is 0.837. The van der Waals surface area contributed by atoms with Crippen LogP contribution >= 0.6 is 0 Å². The zero-order chi connectivity index (χ0) is 11.4. The van der Waals surface area contributed by atoms with Crippen molar-refractivity contribution in [3.63, 3.8) is 0 Å². The normalized spacial score (nSPS) is 10.1. The Balaban J connectivity index is 2.03. The molecule has 2 aromatic heterocycles. The molecule has 0 fully saturated rings. The molecule has 0 aromatic carbocycles. The second-order valence-electron chi connectivity index (χ2n) is 3.64. The SMILES string of the molecule is Cc1cc(NCc2ccncc2)ncc1N. The van der Waals surface area contributed by atoms with Crippen molar-refractivity contribution < 1.29 is 0 Å². The maximum atomic E-state index is 5.70. The van der Waals surface area contributed by atoms with E-state index in [4.69, 9.17) is 5.73 Å². The average molecular weight is 214 g/mol. The Morgan fingerprint density at radius 2 is 2.06 bits per heavy atom. The molecule has 0 aliphatic carbocycles. The van der Waals surface area contributed by atoms with E-state index >= 15 is 0 Å². The standard InChI is InChI=1S/C12H14N4/c1-9-6-12(16-8-11(9)13)15-7-10-2-4-14-5-3-10/h2-6,8H,7,13H2,1H3,(H,15,16). The highest BCUT2D eigenvalue weighted by atomic mass is 15.0. The molecule has 16 heavy (non-hydrogen) atoms. The molecule has 82 valence electrons. The van der Waals surface area contributed by atoms with Crippen molar-refractivity contribution in [3.8, 4) is 0 Å². The van der Waals surface area contributed by atoms with E-state index in [2.05, 4.69) is 15.3 Å². The van der Waals surface area contributed by atoms with Crippen LogP contribution in [0.25, 0.3) is 0 Å². The number of hydrogen-bond acceptors (Lipinski definition) is 4. The van der Waals surface area contributed by atoms with Crippen LogP contribution in [0.2, 0.25) is 0 Å². The minimum absolute atomic E-state index is 0.717. The van der Waals surface area contributed by atoms with E-state index in [0.717, 1.165) is 23.6 Å². The lowest BCUT2D eigenvalue weighted by molar-refractivity contribution is 1.09. The fourth-order valence-electron chi connectivity index (χ4n) is 1.36. The second-order valence-corrected chi connectivity index (χ2v) is 3.64. The summed E-state index contributed by atoms with van der Waals surface area (Å²) < 4.78 is 0. The average Bonchev–Trinajstić information content (AvgIpc) is 2.32. The molecule has 0 saturated heterocycles. The Hall–Kier alpha value is -2.10. The van der Waals surface area contributed by atoms with Crippen molar-refractivity contribution in [2.45, 2.75) is 13.5 Å². The van der Waals surface area contributed by atoms with Gasteiger partial charge >= 0.3 is 0 Å². The summed E-state index contributed by atoms with van der Waals surface area (Å²) >= 11 is 0. The molecule has 2 rings (SSSR count). The second kappa shape index (κ2) is 4.61. The van der Waals surface area contributed by atoms with E-state index < -0.39 is 0 Å². The zero-order valence-electron chi connectivity index (χ0n) is 9.14. The molecule has 0 amide bonds. The van der Waals surface area contributed by atoms with Crippen LogP contribution in [0, 0.1) is 6.92 Å². The third-order valence-corrected chi connectivity index (χ3v) is 2.37. The predicted molar refractivity (Wildman–Crippen MR) is 65.0 cm³/mol. The van der Waals surface area contributed by atoms with Gasteiger partial charge in [-0.1, -0.05) is 0 Å². The molecule has 0 atom stereocenters. The molecule has 4 nitrogen and oxygen atoms in total. The fraction of sp³-hybridized carbons (Fsp3) is 0.167. The Bertz CT molecular complexity index is 468. The van der Waals surface area contributed by atoms with E-state index in [1.54, 1.807) is 18.6 Å². The van der Waals surface area contributed by atoms with Crippen LogP contribution in [0.4, 0.5) is 11.5 Å². The van der Waals surface area contributed by atoms with Crippen molar-refractivity contribution in [1.82, 2.24) is 9.97 Å². The minimum Gasteiger partial charge on any atom is -0.397 e. The van der Waals surface area contributed by atoms with Crippen LogP contribution in [0.1, 0.15) is 11.1 Å². The Morgan fingerprint density at radius 3 is 2.75 bits per heavy atom. The molecule has 0 radical (unpaired) electrons. The molecule has 0 unspecified atom stereocenters. The van der Waals surface area contributed by atoms with Gasteiger partial charge in [0, 0.05) is 18.9 Å². The maximum absolute atomic E-state index is 5.70. The fourth-order valence-corrected chi connectivity index (χ4v) is 1.36. The third kappa shape index (κ3) is 2.48.